The predicted molar refractivity (Wildman–Crippen MR) is 89.4 cm³/mol. The van der Waals surface area contributed by atoms with Crippen LogP contribution in [0.15, 0.2) is 18.2 Å². The lowest BCUT2D eigenvalue weighted by Gasteiger charge is -2.31. The standard InChI is InChI=1S/C17H29N3O/c1-17(2,3)15-6-5-14(20-10-8-19-9-11-20)13-16(15)21-12-4-7-18/h5-6,13,19H,4,7-12,18H2,1-3H3. The lowest BCUT2D eigenvalue weighted by Crippen LogP contribution is -2.43. The number of hydrogen-bond donors (Lipinski definition) is 2. The highest BCUT2D eigenvalue weighted by atomic mass is 16.5. The van der Waals surface area contributed by atoms with Gasteiger partial charge >= 0.3 is 0 Å². The molecule has 0 atom stereocenters. The Morgan fingerprint density at radius 2 is 1.95 bits per heavy atom. The van der Waals surface area contributed by atoms with Crippen LogP contribution in [0.3, 0.4) is 0 Å². The molecule has 0 unspecified atom stereocenters. The van der Waals surface area contributed by atoms with E-state index in [0.29, 0.717) is 13.2 Å². The van der Waals surface area contributed by atoms with Crippen molar-refractivity contribution in [3.63, 3.8) is 0 Å². The summed E-state index contributed by atoms with van der Waals surface area (Å²) in [7, 11) is 0. The van der Waals surface area contributed by atoms with Gasteiger partial charge in [-0.2, -0.15) is 0 Å². The van der Waals surface area contributed by atoms with Crippen LogP contribution in [0.25, 0.3) is 0 Å². The summed E-state index contributed by atoms with van der Waals surface area (Å²) < 4.78 is 6.01. The van der Waals surface area contributed by atoms with Crippen LogP contribution in [-0.2, 0) is 5.41 Å². The number of benzene rings is 1. The van der Waals surface area contributed by atoms with Gasteiger partial charge in [-0.05, 0) is 30.0 Å². The molecule has 1 saturated heterocycles. The summed E-state index contributed by atoms with van der Waals surface area (Å²) in [4.78, 5) is 2.42. The molecule has 1 aliphatic heterocycles. The third-order valence-electron chi connectivity index (χ3n) is 3.86. The van der Waals surface area contributed by atoms with Crippen molar-refractivity contribution in [2.24, 2.45) is 5.73 Å². The highest BCUT2D eigenvalue weighted by Crippen LogP contribution is 2.34. The molecule has 0 spiro atoms. The molecule has 0 aliphatic carbocycles. The van der Waals surface area contributed by atoms with E-state index in [2.05, 4.69) is 49.2 Å². The van der Waals surface area contributed by atoms with Crippen molar-refractivity contribution in [1.29, 1.82) is 0 Å². The zero-order chi connectivity index (χ0) is 15.3. The van der Waals surface area contributed by atoms with Gasteiger partial charge in [0.25, 0.3) is 0 Å². The Hall–Kier alpha value is -1.26. The topological polar surface area (TPSA) is 50.5 Å². The summed E-state index contributed by atoms with van der Waals surface area (Å²) in [5, 5.41) is 3.39. The number of nitrogens with zero attached hydrogens (tertiary/aromatic N) is 1. The molecule has 0 radical (unpaired) electrons. The SMILES string of the molecule is CC(C)(C)c1ccc(N2CCNCC2)cc1OCCCN. The molecule has 1 aromatic rings. The summed E-state index contributed by atoms with van der Waals surface area (Å²) in [6, 6.07) is 6.64. The van der Waals surface area contributed by atoms with Crippen molar-refractivity contribution in [2.45, 2.75) is 32.6 Å². The molecular weight excluding hydrogens is 262 g/mol. The number of anilines is 1. The largest absolute Gasteiger partial charge is 0.493 e. The molecule has 4 heteroatoms. The van der Waals surface area contributed by atoms with Crippen LogP contribution in [0.1, 0.15) is 32.8 Å². The second-order valence-electron chi connectivity index (χ2n) is 6.66. The number of nitrogens with two attached hydrogens (primary N) is 1. The fourth-order valence-corrected chi connectivity index (χ4v) is 2.64. The molecular formula is C17H29N3O. The van der Waals surface area contributed by atoms with Gasteiger partial charge in [0.2, 0.25) is 0 Å². The van der Waals surface area contributed by atoms with Crippen LogP contribution < -0.4 is 20.7 Å². The van der Waals surface area contributed by atoms with Crippen molar-refractivity contribution in [3.05, 3.63) is 23.8 Å². The zero-order valence-electron chi connectivity index (χ0n) is 13.6. The van der Waals surface area contributed by atoms with E-state index < -0.39 is 0 Å². The first-order valence-electron chi connectivity index (χ1n) is 7.95. The van der Waals surface area contributed by atoms with E-state index in [4.69, 9.17) is 10.5 Å². The van der Waals surface area contributed by atoms with Crippen LogP contribution in [-0.4, -0.2) is 39.3 Å². The number of piperazine rings is 1. The molecule has 21 heavy (non-hydrogen) atoms. The second-order valence-corrected chi connectivity index (χ2v) is 6.66. The summed E-state index contributed by atoms with van der Waals surface area (Å²) in [5.41, 5.74) is 8.17. The first kappa shape index (κ1) is 16.1. The first-order valence-corrected chi connectivity index (χ1v) is 7.95. The zero-order valence-corrected chi connectivity index (χ0v) is 13.6. The van der Waals surface area contributed by atoms with Gasteiger partial charge < -0.3 is 20.7 Å². The third-order valence-corrected chi connectivity index (χ3v) is 3.86. The van der Waals surface area contributed by atoms with Crippen LogP contribution in [0.5, 0.6) is 5.75 Å². The summed E-state index contributed by atoms with van der Waals surface area (Å²) in [6.07, 6.45) is 0.890. The smallest absolute Gasteiger partial charge is 0.125 e. The third kappa shape index (κ3) is 4.35. The van der Waals surface area contributed by atoms with Crippen LogP contribution in [0, 0.1) is 0 Å². The van der Waals surface area contributed by atoms with Crippen molar-refractivity contribution in [3.8, 4) is 5.75 Å². The predicted octanol–water partition coefficient (Wildman–Crippen LogP) is 2.12. The van der Waals surface area contributed by atoms with Gasteiger partial charge in [-0.15, -0.1) is 0 Å². The van der Waals surface area contributed by atoms with E-state index in [0.717, 1.165) is 38.3 Å². The monoisotopic (exact) mass is 291 g/mol. The van der Waals surface area contributed by atoms with Gasteiger partial charge in [0.1, 0.15) is 5.75 Å². The van der Waals surface area contributed by atoms with Gasteiger partial charge in [-0.3, -0.25) is 0 Å². The lowest BCUT2D eigenvalue weighted by atomic mass is 9.86. The fraction of sp³-hybridized carbons (Fsp3) is 0.647. The molecule has 0 bridgehead atoms. The Morgan fingerprint density at radius 1 is 1.24 bits per heavy atom. The van der Waals surface area contributed by atoms with E-state index >= 15 is 0 Å². The van der Waals surface area contributed by atoms with Gasteiger partial charge in [0.15, 0.2) is 0 Å². The Morgan fingerprint density at radius 3 is 2.57 bits per heavy atom. The normalized spacial score (nSPS) is 16.1. The summed E-state index contributed by atoms with van der Waals surface area (Å²) >= 11 is 0. The quantitative estimate of drug-likeness (QED) is 0.816. The lowest BCUT2D eigenvalue weighted by molar-refractivity contribution is 0.305. The minimum atomic E-state index is 0.0834. The van der Waals surface area contributed by atoms with Crippen LogP contribution >= 0.6 is 0 Å². The molecule has 1 heterocycles. The van der Waals surface area contributed by atoms with Gasteiger partial charge in [-0.1, -0.05) is 26.8 Å². The van der Waals surface area contributed by atoms with Gasteiger partial charge in [-0.25, -0.2) is 0 Å². The highest BCUT2D eigenvalue weighted by molar-refractivity contribution is 5.55. The minimum absolute atomic E-state index is 0.0834. The van der Waals surface area contributed by atoms with E-state index in [1.54, 1.807) is 0 Å². The van der Waals surface area contributed by atoms with Crippen molar-refractivity contribution < 1.29 is 4.74 Å². The van der Waals surface area contributed by atoms with Crippen LogP contribution in [0.4, 0.5) is 5.69 Å². The van der Waals surface area contributed by atoms with E-state index in [9.17, 15) is 0 Å². The molecule has 3 N–H and O–H groups in total. The number of rotatable bonds is 5. The molecule has 0 saturated carbocycles. The van der Waals surface area contributed by atoms with Crippen molar-refractivity contribution in [2.75, 3.05) is 44.2 Å². The molecule has 2 rings (SSSR count). The van der Waals surface area contributed by atoms with Crippen LogP contribution in [0.2, 0.25) is 0 Å². The number of hydrogen-bond acceptors (Lipinski definition) is 4. The maximum Gasteiger partial charge on any atom is 0.125 e. The molecule has 1 fully saturated rings. The van der Waals surface area contributed by atoms with Crippen molar-refractivity contribution in [1.82, 2.24) is 5.32 Å². The van der Waals surface area contributed by atoms with Crippen molar-refractivity contribution >= 4 is 5.69 Å². The molecule has 0 amide bonds. The minimum Gasteiger partial charge on any atom is -0.493 e. The number of nitrogens with one attached hydrogen (secondary N) is 1. The van der Waals surface area contributed by atoms with E-state index in [1.807, 2.05) is 0 Å². The molecule has 0 aromatic heterocycles. The Labute approximate surface area is 128 Å². The average molecular weight is 291 g/mol. The summed E-state index contributed by atoms with van der Waals surface area (Å²) in [5.74, 6) is 1.01. The molecule has 1 aromatic carbocycles. The summed E-state index contributed by atoms with van der Waals surface area (Å²) in [6.45, 7) is 12.2. The number of ether oxygens (including phenoxy) is 1. The van der Waals surface area contributed by atoms with Gasteiger partial charge in [0, 0.05) is 37.9 Å². The van der Waals surface area contributed by atoms with E-state index in [-0.39, 0.29) is 5.41 Å². The molecule has 4 nitrogen and oxygen atoms in total. The van der Waals surface area contributed by atoms with Gasteiger partial charge in [0.05, 0.1) is 6.61 Å². The highest BCUT2D eigenvalue weighted by Gasteiger charge is 2.21. The average Bonchev–Trinajstić information content (AvgIpc) is 2.47. The van der Waals surface area contributed by atoms with E-state index in [1.165, 1.54) is 11.3 Å². The maximum atomic E-state index is 6.01. The Bertz CT molecular complexity index is 448. The molecule has 1 aliphatic rings. The second kappa shape index (κ2) is 7.14. The molecule has 118 valence electrons. The maximum absolute atomic E-state index is 6.01. The first-order chi connectivity index (χ1) is 10.0. The Kier molecular flexibility index (Phi) is 5.48. The Balaban J connectivity index is 2.22. The fourth-order valence-electron chi connectivity index (χ4n) is 2.64.